The maximum absolute atomic E-state index is 3.77. The molecule has 0 radical (unpaired) electrons. The molecule has 0 saturated heterocycles. The maximum Gasteiger partial charge on any atom is 0.153 e. The van der Waals surface area contributed by atoms with Crippen molar-refractivity contribution in [2.45, 2.75) is 6.82 Å². The zero-order chi connectivity index (χ0) is 16.3. The number of hydrogen-bond acceptors (Lipinski definition) is 0. The Morgan fingerprint density at radius 1 is 0.591 bits per heavy atom. The Labute approximate surface area is 139 Å². The Kier molecular flexibility index (Phi) is 3.66. The van der Waals surface area contributed by atoms with Crippen LogP contribution in [0.15, 0.2) is 0 Å². The van der Waals surface area contributed by atoms with Crippen LogP contribution in [0.1, 0.15) is 0 Å². The molecule has 0 bridgehead atoms. The van der Waals surface area contributed by atoms with E-state index in [-0.39, 0.29) is 0 Å². The number of aromatic nitrogens is 1. The summed E-state index contributed by atoms with van der Waals surface area (Å²) in [6.45, 7) is 2.26. The summed E-state index contributed by atoms with van der Waals surface area (Å²) in [5.41, 5.74) is 14.2. The summed E-state index contributed by atoms with van der Waals surface area (Å²) >= 11 is 0. The Balaban J connectivity index is 2.69. The van der Waals surface area contributed by atoms with Gasteiger partial charge in [-0.25, -0.2) is 0 Å². The summed E-state index contributed by atoms with van der Waals surface area (Å²) in [4.78, 5) is 3.77. The van der Waals surface area contributed by atoms with Gasteiger partial charge in [-0.3, -0.25) is 0 Å². The zero-order valence-electron chi connectivity index (χ0n) is 15.2. The standard InChI is InChI=1S/C13H19B8N/c1-21-11-8(18)5(15)3-2-4(14)6(16)7(17)9(19)12(2)22-13(3)10(11)20/h21-22H,14-20H2,1H3. The normalized spacial score (nSPS) is 11.3. The highest BCUT2D eigenvalue weighted by Crippen LogP contribution is 2.17. The minimum Gasteiger partial charge on any atom is -0.356 e. The first-order valence-electron chi connectivity index (χ1n) is 8.31. The molecule has 3 aromatic rings. The largest absolute Gasteiger partial charge is 0.356 e. The molecule has 0 unspecified atom stereocenters. The second kappa shape index (κ2) is 5.15. The van der Waals surface area contributed by atoms with Crippen molar-refractivity contribution in [1.29, 1.82) is 0 Å². The molecule has 3 rings (SSSR count). The third kappa shape index (κ3) is 1.84. The van der Waals surface area contributed by atoms with Crippen LogP contribution in [0.5, 0.6) is 0 Å². The molecule has 1 N–H and O–H groups in total. The van der Waals surface area contributed by atoms with Gasteiger partial charge in [-0.1, -0.05) is 39.6 Å². The van der Waals surface area contributed by atoms with Crippen molar-refractivity contribution in [3.63, 3.8) is 0 Å². The Hall–Kier alpha value is -1.24. The maximum atomic E-state index is 3.77. The minimum absolute atomic E-state index is 1.10. The number of rotatable bonds is 1. The number of hydrogen-bond donors (Lipinski definition) is 1. The van der Waals surface area contributed by atoms with Crippen LogP contribution in [0, 0.1) is 0 Å². The lowest BCUT2D eigenvalue weighted by molar-refractivity contribution is 1.59. The van der Waals surface area contributed by atoms with E-state index in [2.05, 4.69) is 66.7 Å². The van der Waals surface area contributed by atoms with Crippen molar-refractivity contribution >= 4 is 128 Å². The van der Waals surface area contributed by atoms with Crippen molar-refractivity contribution in [2.75, 3.05) is 0 Å². The first-order chi connectivity index (χ1) is 10.3. The summed E-state index contributed by atoms with van der Waals surface area (Å²) in [6, 6.07) is 0. The van der Waals surface area contributed by atoms with Gasteiger partial charge in [-0.15, -0.1) is 10.9 Å². The highest BCUT2D eigenvalue weighted by molar-refractivity contribution is 6.74. The van der Waals surface area contributed by atoms with Crippen LogP contribution < -0.4 is 43.7 Å². The molecular weight excluding hydrogens is 257 g/mol. The zero-order valence-corrected chi connectivity index (χ0v) is 15.2. The van der Waals surface area contributed by atoms with Gasteiger partial charge in [-0.2, -0.15) is 0 Å². The van der Waals surface area contributed by atoms with Crippen molar-refractivity contribution in [3.8, 4) is 0 Å². The molecule has 0 aliphatic carbocycles. The molecule has 0 saturated carbocycles. The molecule has 0 spiro atoms. The van der Waals surface area contributed by atoms with Crippen LogP contribution >= 0.6 is 0 Å². The Morgan fingerprint density at radius 2 is 1.05 bits per heavy atom. The molecule has 0 atom stereocenters. The van der Waals surface area contributed by atoms with Crippen LogP contribution in [0.4, 0.5) is 0 Å². The first kappa shape index (κ1) is 15.6. The molecule has 1 aromatic heterocycles. The number of benzene rings is 2. The summed E-state index contributed by atoms with van der Waals surface area (Å²) in [7, 11) is 17.0. The highest BCUT2D eigenvalue weighted by atomic mass is 14.7. The van der Waals surface area contributed by atoms with Gasteiger partial charge in [0.15, 0.2) is 7.28 Å². The molecule has 2 aromatic carbocycles. The predicted octanol–water partition coefficient (Wildman–Crippen LogP) is -9.76. The van der Waals surface area contributed by atoms with E-state index in [1.807, 2.05) is 0 Å². The average molecular weight is 276 g/mol. The lowest BCUT2D eigenvalue weighted by Crippen LogP contribution is -2.50. The predicted molar refractivity (Wildman–Crippen MR) is 126 cm³/mol. The first-order valence-corrected chi connectivity index (χ1v) is 8.31. The van der Waals surface area contributed by atoms with E-state index in [0.29, 0.717) is 0 Å². The number of nitrogens with one attached hydrogen (secondary N) is 1. The van der Waals surface area contributed by atoms with Gasteiger partial charge in [0.25, 0.3) is 0 Å². The molecule has 0 aliphatic heterocycles. The van der Waals surface area contributed by atoms with Crippen molar-refractivity contribution < 1.29 is 0 Å². The Morgan fingerprint density at radius 3 is 1.59 bits per heavy atom. The van der Waals surface area contributed by atoms with Gasteiger partial charge in [0.05, 0.1) is 0 Å². The molecular formula is C13H19B8N. The molecule has 9 heteroatoms. The smallest absolute Gasteiger partial charge is 0.153 e. The highest BCUT2D eigenvalue weighted by Gasteiger charge is 2.18. The van der Waals surface area contributed by atoms with Gasteiger partial charge in [0.2, 0.25) is 0 Å². The number of aromatic amines is 1. The van der Waals surface area contributed by atoms with E-state index in [1.54, 1.807) is 0 Å². The Bertz CT molecular complexity index is 943. The van der Waals surface area contributed by atoms with Crippen LogP contribution in [0.25, 0.3) is 21.8 Å². The summed E-state index contributed by atoms with van der Waals surface area (Å²) < 4.78 is 0. The summed E-state index contributed by atoms with van der Waals surface area (Å²) in [5.74, 6) is 0. The number of fused-ring (bicyclic) bond motifs is 3. The average Bonchev–Trinajstić information content (AvgIpc) is 2.90. The molecule has 22 heavy (non-hydrogen) atoms. The van der Waals surface area contributed by atoms with Crippen molar-refractivity contribution in [1.82, 2.24) is 4.98 Å². The van der Waals surface area contributed by atoms with Gasteiger partial charge < -0.3 is 4.98 Å². The van der Waals surface area contributed by atoms with E-state index in [9.17, 15) is 0 Å². The SMILES string of the molecule is Bc1c(B)c(B)c2c([nH]c3c(B)c(BC)c(B)c(B)c32)c1B. The monoisotopic (exact) mass is 277 g/mol. The fourth-order valence-corrected chi connectivity index (χ4v) is 4.13. The van der Waals surface area contributed by atoms with Gasteiger partial charge in [-0.05, 0) is 10.8 Å². The van der Waals surface area contributed by atoms with Crippen LogP contribution in [-0.4, -0.2) is 67.2 Å². The fourth-order valence-electron chi connectivity index (χ4n) is 4.13. The molecule has 0 fully saturated rings. The van der Waals surface area contributed by atoms with E-state index in [0.717, 1.165) is 7.28 Å². The molecule has 1 heterocycles. The topological polar surface area (TPSA) is 15.8 Å². The van der Waals surface area contributed by atoms with Gasteiger partial charge in [0, 0.05) is 11.0 Å². The van der Waals surface area contributed by atoms with Crippen molar-refractivity contribution in [3.05, 3.63) is 0 Å². The third-order valence-electron chi connectivity index (χ3n) is 6.01. The van der Waals surface area contributed by atoms with Crippen molar-refractivity contribution in [2.24, 2.45) is 0 Å². The van der Waals surface area contributed by atoms with E-state index >= 15 is 0 Å². The quantitative estimate of drug-likeness (QED) is 0.425. The van der Waals surface area contributed by atoms with Gasteiger partial charge >= 0.3 is 0 Å². The van der Waals surface area contributed by atoms with E-state index in [1.165, 1.54) is 65.5 Å². The van der Waals surface area contributed by atoms with E-state index in [4.69, 9.17) is 0 Å². The minimum atomic E-state index is 1.10. The van der Waals surface area contributed by atoms with Crippen LogP contribution in [0.2, 0.25) is 6.82 Å². The lowest BCUT2D eigenvalue weighted by Gasteiger charge is -2.15. The molecule has 0 amide bonds. The van der Waals surface area contributed by atoms with Gasteiger partial charge in [0.1, 0.15) is 54.9 Å². The van der Waals surface area contributed by atoms with E-state index < -0.39 is 0 Å². The summed E-state index contributed by atoms with van der Waals surface area (Å²) in [6.07, 6.45) is 0. The molecule has 1 nitrogen and oxygen atoms in total. The second-order valence-corrected chi connectivity index (χ2v) is 6.83. The number of H-pyrrole nitrogens is 1. The molecule has 100 valence electrons. The second-order valence-electron chi connectivity index (χ2n) is 6.83. The van der Waals surface area contributed by atoms with Crippen LogP contribution in [-0.2, 0) is 0 Å². The third-order valence-corrected chi connectivity index (χ3v) is 6.01. The summed E-state index contributed by atoms with van der Waals surface area (Å²) in [5, 5.41) is 2.87. The fraction of sp³-hybridized carbons (Fsp3) is 0.0769. The van der Waals surface area contributed by atoms with Crippen LogP contribution in [0.3, 0.4) is 0 Å². The lowest BCUT2D eigenvalue weighted by atomic mass is 9.57. The molecule has 0 aliphatic rings.